The molecule has 0 aromatic carbocycles. The molecule has 0 saturated heterocycles. The molecule has 0 spiro atoms. The van der Waals surface area contributed by atoms with E-state index < -0.39 is 11.4 Å². The molecule has 0 aromatic heterocycles. The molecule has 18 heavy (non-hydrogen) atoms. The summed E-state index contributed by atoms with van der Waals surface area (Å²) in [5, 5.41) is 9.56. The van der Waals surface area contributed by atoms with Gasteiger partial charge in [-0.15, -0.1) is 0 Å². The Morgan fingerprint density at radius 1 is 1.00 bits per heavy atom. The predicted molar refractivity (Wildman–Crippen MR) is 75.7 cm³/mol. The van der Waals surface area contributed by atoms with Crippen LogP contribution >= 0.6 is 0 Å². The third-order valence-corrected chi connectivity index (χ3v) is 4.77. The standard InChI is InChI=1S/C16H30O2/c1-4-5-6-7-8-9-16(14(17)18)12-10-15(2,3)11-13-16/h4-13H2,1-3H3,(H,17,18). The summed E-state index contributed by atoms with van der Waals surface area (Å²) in [4.78, 5) is 11.6. The van der Waals surface area contributed by atoms with Crippen LogP contribution in [0.25, 0.3) is 0 Å². The Kier molecular flexibility index (Phi) is 5.68. The third-order valence-electron chi connectivity index (χ3n) is 4.77. The van der Waals surface area contributed by atoms with Gasteiger partial charge in [0.15, 0.2) is 0 Å². The molecular weight excluding hydrogens is 224 g/mol. The van der Waals surface area contributed by atoms with Gasteiger partial charge in [0.25, 0.3) is 0 Å². The second-order valence-electron chi connectivity index (χ2n) is 6.91. The fraction of sp³-hybridized carbons (Fsp3) is 0.938. The normalized spacial score (nSPS) is 21.7. The quantitative estimate of drug-likeness (QED) is 0.648. The Labute approximate surface area is 112 Å². The van der Waals surface area contributed by atoms with Gasteiger partial charge in [0.2, 0.25) is 0 Å². The van der Waals surface area contributed by atoms with Gasteiger partial charge in [-0.1, -0.05) is 52.9 Å². The molecule has 1 saturated carbocycles. The maximum atomic E-state index is 11.6. The van der Waals surface area contributed by atoms with E-state index in [1.54, 1.807) is 0 Å². The molecule has 0 amide bonds. The second-order valence-corrected chi connectivity index (χ2v) is 6.91. The zero-order chi connectivity index (χ0) is 13.6. The molecule has 0 unspecified atom stereocenters. The average Bonchev–Trinajstić information content (AvgIpc) is 2.31. The van der Waals surface area contributed by atoms with Gasteiger partial charge in [-0.05, 0) is 37.5 Å². The Bertz CT molecular complexity index is 258. The molecule has 0 bridgehead atoms. The van der Waals surface area contributed by atoms with Crippen molar-refractivity contribution in [2.45, 2.75) is 85.0 Å². The minimum absolute atomic E-state index is 0.348. The molecule has 1 aliphatic rings. The lowest BCUT2D eigenvalue weighted by Gasteiger charge is -2.41. The number of carboxylic acid groups (broad SMARTS) is 1. The van der Waals surface area contributed by atoms with E-state index in [-0.39, 0.29) is 0 Å². The molecule has 0 aliphatic heterocycles. The molecule has 1 aliphatic carbocycles. The molecule has 1 fully saturated rings. The van der Waals surface area contributed by atoms with Crippen LogP contribution in [0, 0.1) is 10.8 Å². The first-order valence-electron chi connectivity index (χ1n) is 7.65. The van der Waals surface area contributed by atoms with Gasteiger partial charge in [-0.25, -0.2) is 0 Å². The second kappa shape index (κ2) is 6.58. The highest BCUT2D eigenvalue weighted by atomic mass is 16.4. The van der Waals surface area contributed by atoms with Crippen molar-refractivity contribution in [2.24, 2.45) is 10.8 Å². The summed E-state index contributed by atoms with van der Waals surface area (Å²) in [5.74, 6) is -0.548. The molecule has 2 heteroatoms. The maximum Gasteiger partial charge on any atom is 0.309 e. The molecule has 0 atom stereocenters. The Hall–Kier alpha value is -0.530. The zero-order valence-corrected chi connectivity index (χ0v) is 12.4. The van der Waals surface area contributed by atoms with E-state index in [2.05, 4.69) is 20.8 Å². The van der Waals surface area contributed by atoms with Crippen molar-refractivity contribution in [3.05, 3.63) is 0 Å². The van der Waals surface area contributed by atoms with Crippen LogP contribution in [0.3, 0.4) is 0 Å². The predicted octanol–water partition coefficient (Wildman–Crippen LogP) is 5.02. The van der Waals surface area contributed by atoms with Gasteiger partial charge in [-0.3, -0.25) is 4.79 Å². The van der Waals surface area contributed by atoms with E-state index in [0.29, 0.717) is 5.41 Å². The van der Waals surface area contributed by atoms with Crippen molar-refractivity contribution >= 4 is 5.97 Å². The van der Waals surface area contributed by atoms with Gasteiger partial charge >= 0.3 is 5.97 Å². The number of unbranched alkanes of at least 4 members (excludes halogenated alkanes) is 4. The van der Waals surface area contributed by atoms with E-state index in [9.17, 15) is 9.90 Å². The van der Waals surface area contributed by atoms with Crippen LogP contribution in [0.5, 0.6) is 0 Å². The molecule has 1 N–H and O–H groups in total. The van der Waals surface area contributed by atoms with E-state index in [4.69, 9.17) is 0 Å². The van der Waals surface area contributed by atoms with Crippen molar-refractivity contribution in [1.29, 1.82) is 0 Å². The summed E-state index contributed by atoms with van der Waals surface area (Å²) in [5.41, 5.74) is -0.0527. The van der Waals surface area contributed by atoms with E-state index in [1.807, 2.05) is 0 Å². The molecule has 0 aromatic rings. The van der Waals surface area contributed by atoms with Crippen LogP contribution in [-0.4, -0.2) is 11.1 Å². The number of rotatable bonds is 7. The van der Waals surface area contributed by atoms with Crippen molar-refractivity contribution in [2.75, 3.05) is 0 Å². The maximum absolute atomic E-state index is 11.6. The third kappa shape index (κ3) is 4.29. The molecule has 0 radical (unpaired) electrons. The monoisotopic (exact) mass is 254 g/mol. The van der Waals surface area contributed by atoms with Crippen LogP contribution in [0.1, 0.15) is 85.0 Å². The van der Waals surface area contributed by atoms with Crippen LogP contribution in [-0.2, 0) is 4.79 Å². The first kappa shape index (κ1) is 15.5. The highest BCUT2D eigenvalue weighted by molar-refractivity contribution is 5.74. The fourth-order valence-corrected chi connectivity index (χ4v) is 3.04. The highest BCUT2D eigenvalue weighted by Gasteiger charge is 2.43. The number of hydrogen-bond donors (Lipinski definition) is 1. The average molecular weight is 254 g/mol. The zero-order valence-electron chi connectivity index (χ0n) is 12.4. The van der Waals surface area contributed by atoms with Crippen LogP contribution < -0.4 is 0 Å². The number of carboxylic acids is 1. The van der Waals surface area contributed by atoms with Gasteiger partial charge in [0.1, 0.15) is 0 Å². The van der Waals surface area contributed by atoms with E-state index in [0.717, 1.165) is 38.5 Å². The number of carbonyl (C=O) groups is 1. The van der Waals surface area contributed by atoms with Crippen molar-refractivity contribution in [1.82, 2.24) is 0 Å². The molecule has 0 heterocycles. The lowest BCUT2D eigenvalue weighted by Crippen LogP contribution is -2.37. The van der Waals surface area contributed by atoms with E-state index in [1.165, 1.54) is 25.7 Å². The van der Waals surface area contributed by atoms with Gasteiger partial charge < -0.3 is 5.11 Å². The first-order valence-corrected chi connectivity index (χ1v) is 7.65. The van der Waals surface area contributed by atoms with Crippen LogP contribution in [0.2, 0.25) is 0 Å². The summed E-state index contributed by atoms with van der Waals surface area (Å²) in [6, 6.07) is 0. The number of aliphatic carboxylic acids is 1. The highest BCUT2D eigenvalue weighted by Crippen LogP contribution is 2.47. The smallest absolute Gasteiger partial charge is 0.309 e. The van der Waals surface area contributed by atoms with Gasteiger partial charge in [-0.2, -0.15) is 0 Å². The minimum atomic E-state index is -0.548. The van der Waals surface area contributed by atoms with Gasteiger partial charge in [0.05, 0.1) is 5.41 Å². The van der Waals surface area contributed by atoms with Crippen molar-refractivity contribution in [3.8, 4) is 0 Å². The topological polar surface area (TPSA) is 37.3 Å². The van der Waals surface area contributed by atoms with Crippen LogP contribution in [0.15, 0.2) is 0 Å². The molecule has 106 valence electrons. The summed E-state index contributed by atoms with van der Waals surface area (Å²) in [7, 11) is 0. The Morgan fingerprint density at radius 3 is 2.06 bits per heavy atom. The fourth-order valence-electron chi connectivity index (χ4n) is 3.04. The lowest BCUT2D eigenvalue weighted by molar-refractivity contribution is -0.153. The van der Waals surface area contributed by atoms with Gasteiger partial charge in [0, 0.05) is 0 Å². The summed E-state index contributed by atoms with van der Waals surface area (Å²) in [6.45, 7) is 6.74. The Morgan fingerprint density at radius 2 is 1.56 bits per heavy atom. The molecule has 1 rings (SSSR count). The largest absolute Gasteiger partial charge is 0.481 e. The van der Waals surface area contributed by atoms with Crippen molar-refractivity contribution in [3.63, 3.8) is 0 Å². The molecular formula is C16H30O2. The summed E-state index contributed by atoms with van der Waals surface area (Å²) in [6.07, 6.45) is 10.9. The van der Waals surface area contributed by atoms with Crippen molar-refractivity contribution < 1.29 is 9.90 Å². The lowest BCUT2D eigenvalue weighted by atomic mass is 9.63. The van der Waals surface area contributed by atoms with Crippen LogP contribution in [0.4, 0.5) is 0 Å². The summed E-state index contributed by atoms with van der Waals surface area (Å²) >= 11 is 0. The SMILES string of the molecule is CCCCCCCC1(C(=O)O)CCC(C)(C)CC1. The minimum Gasteiger partial charge on any atom is -0.481 e. The first-order chi connectivity index (χ1) is 8.42. The summed E-state index contributed by atoms with van der Waals surface area (Å²) < 4.78 is 0. The molecule has 2 nitrogen and oxygen atoms in total. The van der Waals surface area contributed by atoms with E-state index >= 15 is 0 Å². The Balaban J connectivity index is 2.43. The number of hydrogen-bond acceptors (Lipinski definition) is 1.